The van der Waals surface area contributed by atoms with Gasteiger partial charge in [0.15, 0.2) is 0 Å². The lowest BCUT2D eigenvalue weighted by Gasteiger charge is -2.07. The van der Waals surface area contributed by atoms with Gasteiger partial charge in [-0.1, -0.05) is 0 Å². The summed E-state index contributed by atoms with van der Waals surface area (Å²) in [7, 11) is 1.22. The van der Waals surface area contributed by atoms with Gasteiger partial charge in [-0.2, -0.15) is 5.26 Å². The van der Waals surface area contributed by atoms with Gasteiger partial charge in [0.1, 0.15) is 14.3 Å². The van der Waals surface area contributed by atoms with Crippen molar-refractivity contribution in [1.82, 2.24) is 4.67 Å². The minimum Gasteiger partial charge on any atom is -0.347 e. The third-order valence-electron chi connectivity index (χ3n) is 1.36. The molecule has 0 aliphatic carbocycles. The van der Waals surface area contributed by atoms with Crippen molar-refractivity contribution >= 4 is 8.30 Å². The van der Waals surface area contributed by atoms with E-state index in [0.29, 0.717) is 0 Å². The molecule has 1 aliphatic rings. The van der Waals surface area contributed by atoms with Crippen LogP contribution in [-0.2, 0) is 4.52 Å². The number of nitriles is 1. The lowest BCUT2D eigenvalue weighted by atomic mass is 10.6. The molecule has 0 spiro atoms. The Morgan fingerprint density at radius 2 is 2.56 bits per heavy atom. The largest absolute Gasteiger partial charge is 0.347 e. The highest BCUT2D eigenvalue weighted by Crippen LogP contribution is 2.45. The summed E-state index contributed by atoms with van der Waals surface area (Å²) < 4.78 is 7.10. The van der Waals surface area contributed by atoms with E-state index in [1.165, 1.54) is 0 Å². The van der Waals surface area contributed by atoms with Gasteiger partial charge in [0.2, 0.25) is 0 Å². The fourth-order valence-corrected chi connectivity index (χ4v) is 1.69. The molecule has 0 radical (unpaired) electrons. The third kappa shape index (κ3) is 1.40. The molecule has 0 bridgehead atoms. The van der Waals surface area contributed by atoms with Crippen LogP contribution in [-0.4, -0.2) is 31.0 Å². The molecular formula is C5H9N2OP. The maximum atomic E-state index is 8.38. The summed E-state index contributed by atoms with van der Waals surface area (Å²) in [4.78, 5) is 0. The van der Waals surface area contributed by atoms with Gasteiger partial charge in [0, 0.05) is 13.7 Å². The summed E-state index contributed by atoms with van der Waals surface area (Å²) in [6, 6.07) is 2.31. The van der Waals surface area contributed by atoms with Crippen molar-refractivity contribution in [2.75, 3.05) is 20.3 Å². The van der Waals surface area contributed by atoms with Gasteiger partial charge in [0.25, 0.3) is 0 Å². The van der Waals surface area contributed by atoms with Gasteiger partial charge < -0.3 is 4.52 Å². The van der Waals surface area contributed by atoms with E-state index in [1.807, 2.05) is 6.66 Å². The quantitative estimate of drug-likeness (QED) is 0.424. The Labute approximate surface area is 56.1 Å². The third-order valence-corrected chi connectivity index (χ3v) is 3.06. The minimum atomic E-state index is -0.461. The molecule has 4 heteroatoms. The first-order valence-electron chi connectivity index (χ1n) is 2.73. The SMILES string of the molecule is COP(C)N1CC1C#N. The lowest BCUT2D eigenvalue weighted by molar-refractivity contribution is 0.441. The van der Waals surface area contributed by atoms with Crippen molar-refractivity contribution in [3.63, 3.8) is 0 Å². The zero-order chi connectivity index (χ0) is 6.85. The van der Waals surface area contributed by atoms with E-state index in [9.17, 15) is 0 Å². The molecule has 1 aliphatic heterocycles. The van der Waals surface area contributed by atoms with Crippen molar-refractivity contribution < 1.29 is 4.52 Å². The Kier molecular flexibility index (Phi) is 2.02. The van der Waals surface area contributed by atoms with E-state index < -0.39 is 8.30 Å². The topological polar surface area (TPSA) is 36.0 Å². The van der Waals surface area contributed by atoms with Crippen LogP contribution in [0.15, 0.2) is 0 Å². The Morgan fingerprint density at radius 1 is 1.89 bits per heavy atom. The van der Waals surface area contributed by atoms with Gasteiger partial charge in [-0.15, -0.1) is 0 Å². The lowest BCUT2D eigenvalue weighted by Crippen LogP contribution is -1.92. The van der Waals surface area contributed by atoms with Crippen molar-refractivity contribution in [3.05, 3.63) is 0 Å². The van der Waals surface area contributed by atoms with E-state index in [4.69, 9.17) is 9.79 Å². The zero-order valence-electron chi connectivity index (χ0n) is 5.53. The predicted octanol–water partition coefficient (Wildman–Crippen LogP) is 0.782. The second kappa shape index (κ2) is 2.62. The van der Waals surface area contributed by atoms with Crippen molar-refractivity contribution in [2.24, 2.45) is 0 Å². The smallest absolute Gasteiger partial charge is 0.116 e. The summed E-state index contributed by atoms with van der Waals surface area (Å²) in [6.45, 7) is 2.90. The minimum absolute atomic E-state index is 0.140. The Hall–Kier alpha value is -0.160. The molecule has 1 saturated heterocycles. The number of rotatable bonds is 2. The molecular weight excluding hydrogens is 135 g/mol. The highest BCUT2D eigenvalue weighted by atomic mass is 31.2. The van der Waals surface area contributed by atoms with Crippen LogP contribution in [0.3, 0.4) is 0 Å². The second-order valence-corrected chi connectivity index (χ2v) is 3.72. The molecule has 9 heavy (non-hydrogen) atoms. The number of hydrogen-bond acceptors (Lipinski definition) is 3. The zero-order valence-corrected chi connectivity index (χ0v) is 6.43. The van der Waals surface area contributed by atoms with Crippen LogP contribution in [0.2, 0.25) is 0 Å². The van der Waals surface area contributed by atoms with Crippen molar-refractivity contribution in [2.45, 2.75) is 6.04 Å². The molecule has 0 saturated carbocycles. The normalized spacial score (nSPS) is 35.2. The summed E-state index contributed by atoms with van der Waals surface area (Å²) in [5.41, 5.74) is 0. The molecule has 0 aromatic rings. The number of hydrogen-bond donors (Lipinski definition) is 0. The molecule has 1 fully saturated rings. The van der Waals surface area contributed by atoms with Crippen LogP contribution in [0, 0.1) is 11.3 Å². The molecule has 3 unspecified atom stereocenters. The predicted molar refractivity (Wildman–Crippen MR) is 36.0 cm³/mol. The molecule has 1 rings (SSSR count). The van der Waals surface area contributed by atoms with Crippen molar-refractivity contribution in [1.29, 1.82) is 5.26 Å². The molecule has 0 amide bonds. The van der Waals surface area contributed by atoms with Crippen LogP contribution in [0.1, 0.15) is 0 Å². The molecule has 0 N–H and O–H groups in total. The monoisotopic (exact) mass is 144 g/mol. The first kappa shape index (κ1) is 6.95. The van der Waals surface area contributed by atoms with Crippen LogP contribution in [0.4, 0.5) is 0 Å². The Morgan fingerprint density at radius 3 is 2.89 bits per heavy atom. The van der Waals surface area contributed by atoms with Gasteiger partial charge >= 0.3 is 0 Å². The summed E-state index contributed by atoms with van der Waals surface area (Å²) in [6.07, 6.45) is 0. The molecule has 0 aromatic heterocycles. The van der Waals surface area contributed by atoms with Gasteiger partial charge in [-0.05, 0) is 6.66 Å². The van der Waals surface area contributed by atoms with E-state index in [-0.39, 0.29) is 6.04 Å². The van der Waals surface area contributed by atoms with Crippen LogP contribution < -0.4 is 0 Å². The maximum absolute atomic E-state index is 8.38. The van der Waals surface area contributed by atoms with Crippen LogP contribution in [0.5, 0.6) is 0 Å². The number of nitrogens with zero attached hydrogens (tertiary/aromatic N) is 2. The Balaban J connectivity index is 2.27. The fraction of sp³-hybridized carbons (Fsp3) is 0.800. The van der Waals surface area contributed by atoms with Gasteiger partial charge in [-0.3, -0.25) is 0 Å². The summed E-state index contributed by atoms with van der Waals surface area (Å²) >= 11 is 0. The molecule has 1 heterocycles. The molecule has 3 nitrogen and oxygen atoms in total. The molecule has 0 aromatic carbocycles. The van der Waals surface area contributed by atoms with Crippen LogP contribution in [0.25, 0.3) is 0 Å². The summed E-state index contributed by atoms with van der Waals surface area (Å²) in [5, 5.41) is 8.38. The van der Waals surface area contributed by atoms with E-state index in [2.05, 4.69) is 10.7 Å². The van der Waals surface area contributed by atoms with Crippen molar-refractivity contribution in [3.8, 4) is 6.07 Å². The second-order valence-electron chi connectivity index (χ2n) is 1.91. The molecule has 3 atom stereocenters. The molecule has 50 valence electrons. The van der Waals surface area contributed by atoms with E-state index in [0.717, 1.165) is 6.54 Å². The average Bonchev–Trinajstić information content (AvgIpc) is 2.64. The first-order valence-corrected chi connectivity index (χ1v) is 4.39. The standard InChI is InChI=1S/C5H9N2OP/c1-8-9(2)7-4-5(7)3-6/h5H,4H2,1-2H3. The first-order chi connectivity index (χ1) is 4.29. The van der Waals surface area contributed by atoms with Gasteiger partial charge in [0.05, 0.1) is 6.07 Å². The fourth-order valence-electron chi connectivity index (χ4n) is 0.654. The maximum Gasteiger partial charge on any atom is 0.116 e. The van der Waals surface area contributed by atoms with Gasteiger partial charge in [-0.25, -0.2) is 4.67 Å². The Bertz CT molecular complexity index is 144. The van der Waals surface area contributed by atoms with E-state index in [1.54, 1.807) is 7.11 Å². The average molecular weight is 144 g/mol. The van der Waals surface area contributed by atoms with E-state index >= 15 is 0 Å². The summed E-state index contributed by atoms with van der Waals surface area (Å²) in [5.74, 6) is 0. The highest BCUT2D eigenvalue weighted by molar-refractivity contribution is 7.49. The highest BCUT2D eigenvalue weighted by Gasteiger charge is 2.38. The van der Waals surface area contributed by atoms with Crippen LogP contribution >= 0.6 is 8.30 Å².